The van der Waals surface area contributed by atoms with Crippen molar-refractivity contribution in [1.82, 2.24) is 34.7 Å². The quantitative estimate of drug-likeness (QED) is 0.566. The second kappa shape index (κ2) is 6.73. The maximum absolute atomic E-state index is 13.0. The van der Waals surface area contributed by atoms with E-state index in [1.807, 2.05) is 38.2 Å². The fraction of sp³-hybridized carbons (Fsp3) is 0.381. The summed E-state index contributed by atoms with van der Waals surface area (Å²) < 4.78 is 3.41. The molecule has 4 aromatic rings. The van der Waals surface area contributed by atoms with Crippen LogP contribution < -0.4 is 10.9 Å². The van der Waals surface area contributed by atoms with Gasteiger partial charge < -0.3 is 5.32 Å². The SMILES string of the molecule is Cc1cn2nc(-c3ccc4c(=O)n([C@@H]5CCN[C@H](C)C5)ncc4n3)cc(C)c2n1. The number of nitrogens with zero attached hydrogens (tertiary/aromatic N) is 6. The summed E-state index contributed by atoms with van der Waals surface area (Å²) >= 11 is 0. The van der Waals surface area contributed by atoms with Gasteiger partial charge in [-0.25, -0.2) is 19.2 Å². The Hall–Kier alpha value is -3.13. The molecule has 1 aliphatic heterocycles. The lowest BCUT2D eigenvalue weighted by Gasteiger charge is -2.28. The van der Waals surface area contributed by atoms with Crippen LogP contribution in [0.4, 0.5) is 0 Å². The molecule has 5 rings (SSSR count). The summed E-state index contributed by atoms with van der Waals surface area (Å²) in [6.07, 6.45) is 5.39. The van der Waals surface area contributed by atoms with Gasteiger partial charge in [-0.1, -0.05) is 0 Å². The van der Waals surface area contributed by atoms with Gasteiger partial charge in [0.05, 0.1) is 40.7 Å². The molecular formula is C21H23N7O. The van der Waals surface area contributed by atoms with Crippen molar-refractivity contribution in [2.45, 2.75) is 45.7 Å². The summed E-state index contributed by atoms with van der Waals surface area (Å²) in [4.78, 5) is 22.2. The van der Waals surface area contributed by atoms with Crippen molar-refractivity contribution in [1.29, 1.82) is 0 Å². The van der Waals surface area contributed by atoms with E-state index in [0.29, 0.717) is 22.6 Å². The van der Waals surface area contributed by atoms with E-state index in [9.17, 15) is 4.79 Å². The zero-order chi connectivity index (χ0) is 20.1. The number of pyridine rings is 1. The Labute approximate surface area is 167 Å². The minimum atomic E-state index is -0.0783. The van der Waals surface area contributed by atoms with E-state index in [2.05, 4.69) is 32.4 Å². The Morgan fingerprint density at radius 3 is 2.86 bits per heavy atom. The van der Waals surface area contributed by atoms with Crippen molar-refractivity contribution < 1.29 is 0 Å². The number of hydrogen-bond acceptors (Lipinski definition) is 6. The first-order valence-corrected chi connectivity index (χ1v) is 9.95. The molecule has 8 nitrogen and oxygen atoms in total. The third-order valence-corrected chi connectivity index (χ3v) is 5.60. The van der Waals surface area contributed by atoms with E-state index in [1.54, 1.807) is 15.4 Å². The monoisotopic (exact) mass is 389 g/mol. The van der Waals surface area contributed by atoms with Crippen molar-refractivity contribution >= 4 is 16.6 Å². The van der Waals surface area contributed by atoms with Crippen molar-refractivity contribution in [3.8, 4) is 11.4 Å². The zero-order valence-corrected chi connectivity index (χ0v) is 16.8. The zero-order valence-electron chi connectivity index (χ0n) is 16.8. The number of aromatic nitrogens is 6. The summed E-state index contributed by atoms with van der Waals surface area (Å²) in [5, 5.41) is 13.1. The Morgan fingerprint density at radius 2 is 2.03 bits per heavy atom. The van der Waals surface area contributed by atoms with Crippen LogP contribution in [0.3, 0.4) is 0 Å². The number of hydrogen-bond donors (Lipinski definition) is 1. The maximum Gasteiger partial charge on any atom is 0.276 e. The normalized spacial score (nSPS) is 19.8. The minimum Gasteiger partial charge on any atom is -0.314 e. The van der Waals surface area contributed by atoms with Crippen LogP contribution in [-0.4, -0.2) is 41.9 Å². The van der Waals surface area contributed by atoms with E-state index >= 15 is 0 Å². The molecule has 1 fully saturated rings. The van der Waals surface area contributed by atoms with Gasteiger partial charge in [-0.05, 0) is 63.9 Å². The van der Waals surface area contributed by atoms with Gasteiger partial charge in [-0.3, -0.25) is 4.79 Å². The van der Waals surface area contributed by atoms with E-state index in [4.69, 9.17) is 0 Å². The molecule has 29 heavy (non-hydrogen) atoms. The minimum absolute atomic E-state index is 0.0783. The lowest BCUT2D eigenvalue weighted by atomic mass is 10.0. The molecule has 0 bridgehead atoms. The number of aryl methyl sites for hydroxylation is 2. The van der Waals surface area contributed by atoms with Crippen molar-refractivity contribution in [3.63, 3.8) is 0 Å². The van der Waals surface area contributed by atoms with Crippen LogP contribution in [0.25, 0.3) is 27.9 Å². The number of piperidine rings is 1. The summed E-state index contributed by atoms with van der Waals surface area (Å²) in [5.74, 6) is 0. The number of imidazole rings is 1. The Bertz CT molecular complexity index is 1290. The number of nitrogens with one attached hydrogen (secondary N) is 1. The average Bonchev–Trinajstić information content (AvgIpc) is 3.09. The molecule has 8 heteroatoms. The summed E-state index contributed by atoms with van der Waals surface area (Å²) in [6, 6.07) is 6.18. The number of fused-ring (bicyclic) bond motifs is 2. The Balaban J connectivity index is 1.58. The van der Waals surface area contributed by atoms with Gasteiger partial charge in [0, 0.05) is 6.04 Å². The molecule has 1 saturated heterocycles. The van der Waals surface area contributed by atoms with E-state index in [0.717, 1.165) is 42.0 Å². The second-order valence-corrected chi connectivity index (χ2v) is 7.92. The van der Waals surface area contributed by atoms with E-state index < -0.39 is 0 Å². The summed E-state index contributed by atoms with van der Waals surface area (Å²) in [6.45, 7) is 6.99. The highest BCUT2D eigenvalue weighted by Gasteiger charge is 2.22. The smallest absolute Gasteiger partial charge is 0.276 e. The molecule has 4 aromatic heterocycles. The third-order valence-electron chi connectivity index (χ3n) is 5.60. The topological polar surface area (TPSA) is 90.0 Å². The van der Waals surface area contributed by atoms with Gasteiger partial charge >= 0.3 is 0 Å². The van der Waals surface area contributed by atoms with Crippen molar-refractivity contribution in [3.05, 3.63) is 52.2 Å². The van der Waals surface area contributed by atoms with Crippen molar-refractivity contribution in [2.75, 3.05) is 6.54 Å². The molecule has 0 aliphatic carbocycles. The Kier molecular flexibility index (Phi) is 4.16. The molecule has 148 valence electrons. The first-order chi connectivity index (χ1) is 14.0. The fourth-order valence-electron chi connectivity index (χ4n) is 4.15. The molecule has 0 radical (unpaired) electrons. The number of rotatable bonds is 2. The first-order valence-electron chi connectivity index (χ1n) is 9.95. The highest BCUT2D eigenvalue weighted by molar-refractivity contribution is 5.79. The van der Waals surface area contributed by atoms with Crippen LogP contribution in [0, 0.1) is 13.8 Å². The van der Waals surface area contributed by atoms with Crippen LogP contribution in [0.5, 0.6) is 0 Å². The van der Waals surface area contributed by atoms with Crippen LogP contribution in [0.2, 0.25) is 0 Å². The Morgan fingerprint density at radius 1 is 1.17 bits per heavy atom. The molecule has 5 heterocycles. The molecule has 0 amide bonds. The molecule has 0 spiro atoms. The van der Waals surface area contributed by atoms with Crippen molar-refractivity contribution in [2.24, 2.45) is 0 Å². The van der Waals surface area contributed by atoms with Crippen LogP contribution in [0.15, 0.2) is 35.4 Å². The second-order valence-electron chi connectivity index (χ2n) is 7.92. The van der Waals surface area contributed by atoms with Crippen LogP contribution >= 0.6 is 0 Å². The molecular weight excluding hydrogens is 366 g/mol. The molecule has 1 aliphatic rings. The lowest BCUT2D eigenvalue weighted by molar-refractivity contribution is 0.288. The van der Waals surface area contributed by atoms with Gasteiger partial charge in [0.15, 0.2) is 5.65 Å². The third kappa shape index (κ3) is 3.09. The van der Waals surface area contributed by atoms with Crippen LogP contribution in [0.1, 0.15) is 37.1 Å². The molecule has 0 aromatic carbocycles. The predicted octanol–water partition coefficient (Wildman–Crippen LogP) is 2.43. The maximum atomic E-state index is 13.0. The standard InChI is InChI=1S/C21H23N7O/c1-12-8-18(26-27-11-14(3)24-20(12)27)17-5-4-16-19(25-17)10-23-28(21(16)29)15-6-7-22-13(2)9-15/h4-5,8,10-11,13,15,22H,6-7,9H2,1-3H3/t13-,15-/m1/s1. The molecule has 2 atom stereocenters. The van der Waals surface area contributed by atoms with E-state index in [1.165, 1.54) is 0 Å². The highest BCUT2D eigenvalue weighted by atomic mass is 16.1. The summed E-state index contributed by atoms with van der Waals surface area (Å²) in [7, 11) is 0. The van der Waals surface area contributed by atoms with Crippen LogP contribution in [-0.2, 0) is 0 Å². The average molecular weight is 389 g/mol. The molecule has 0 saturated carbocycles. The van der Waals surface area contributed by atoms with Gasteiger partial charge in [-0.2, -0.15) is 10.2 Å². The van der Waals surface area contributed by atoms with Gasteiger partial charge in [0.1, 0.15) is 5.69 Å². The largest absolute Gasteiger partial charge is 0.314 e. The van der Waals surface area contributed by atoms with E-state index in [-0.39, 0.29) is 11.6 Å². The predicted molar refractivity (Wildman–Crippen MR) is 111 cm³/mol. The van der Waals surface area contributed by atoms with Gasteiger partial charge in [0.2, 0.25) is 0 Å². The molecule has 1 N–H and O–H groups in total. The lowest BCUT2D eigenvalue weighted by Crippen LogP contribution is -2.40. The van der Waals surface area contributed by atoms with Gasteiger partial charge in [-0.15, -0.1) is 0 Å². The first kappa shape index (κ1) is 17.9. The summed E-state index contributed by atoms with van der Waals surface area (Å²) in [5.41, 5.74) is 4.75. The highest BCUT2D eigenvalue weighted by Crippen LogP contribution is 2.22. The molecule has 0 unspecified atom stereocenters. The van der Waals surface area contributed by atoms with Gasteiger partial charge in [0.25, 0.3) is 5.56 Å². The fourth-order valence-corrected chi connectivity index (χ4v) is 4.15.